The predicted octanol–water partition coefficient (Wildman–Crippen LogP) is 0.747. The smallest absolute Gasteiger partial charge is 0.180 e. The molecule has 0 N–H and O–H groups in total. The zero-order chi connectivity index (χ0) is 13.0. The highest BCUT2D eigenvalue weighted by molar-refractivity contribution is 7.91. The van der Waals surface area contributed by atoms with Gasteiger partial charge in [-0.25, -0.2) is 8.42 Å². The van der Waals surface area contributed by atoms with Crippen LogP contribution in [0.15, 0.2) is 29.2 Å². The fraction of sp³-hybridized carbons (Fsp3) is 0.417. The van der Waals surface area contributed by atoms with E-state index >= 15 is 0 Å². The fourth-order valence-electron chi connectivity index (χ4n) is 1.49. The molecule has 1 saturated heterocycles. The van der Waals surface area contributed by atoms with Crippen molar-refractivity contribution in [3.8, 4) is 6.07 Å². The van der Waals surface area contributed by atoms with Gasteiger partial charge in [-0.3, -0.25) is 0 Å². The Balaban J connectivity index is 1.94. The Morgan fingerprint density at radius 1 is 1.33 bits per heavy atom. The first-order valence-corrected chi connectivity index (χ1v) is 7.19. The normalized spacial score (nSPS) is 15.9. The van der Waals surface area contributed by atoms with Gasteiger partial charge in [0.05, 0.1) is 42.1 Å². The van der Waals surface area contributed by atoms with Crippen LogP contribution in [-0.4, -0.2) is 40.1 Å². The third-order valence-corrected chi connectivity index (χ3v) is 4.35. The summed E-state index contributed by atoms with van der Waals surface area (Å²) in [5.41, 5.74) is 0.441. The van der Waals surface area contributed by atoms with Crippen LogP contribution >= 0.6 is 0 Å². The summed E-state index contributed by atoms with van der Waals surface area (Å²) >= 11 is 0. The Morgan fingerprint density at radius 2 is 2.00 bits per heavy atom. The van der Waals surface area contributed by atoms with Gasteiger partial charge in [0.1, 0.15) is 6.10 Å². The molecular weight excluding hydrogens is 254 g/mol. The lowest BCUT2D eigenvalue weighted by Gasteiger charge is -2.25. The number of rotatable bonds is 5. The molecule has 0 radical (unpaired) electrons. The minimum absolute atomic E-state index is 0.0289. The van der Waals surface area contributed by atoms with Crippen molar-refractivity contribution in [2.24, 2.45) is 0 Å². The molecule has 0 aliphatic carbocycles. The quantitative estimate of drug-likeness (QED) is 0.786. The Hall–Kier alpha value is -1.42. The molecule has 0 atom stereocenters. The van der Waals surface area contributed by atoms with E-state index in [1.54, 1.807) is 0 Å². The number of benzene rings is 1. The van der Waals surface area contributed by atoms with E-state index < -0.39 is 9.84 Å². The van der Waals surface area contributed by atoms with Crippen molar-refractivity contribution in [1.29, 1.82) is 5.26 Å². The average molecular weight is 267 g/mol. The van der Waals surface area contributed by atoms with E-state index in [2.05, 4.69) is 0 Å². The van der Waals surface area contributed by atoms with Gasteiger partial charge in [0.15, 0.2) is 9.84 Å². The maximum absolute atomic E-state index is 11.9. The van der Waals surface area contributed by atoms with Crippen molar-refractivity contribution < 1.29 is 17.9 Å². The summed E-state index contributed by atoms with van der Waals surface area (Å²) in [6, 6.07) is 7.82. The Bertz CT molecular complexity index is 540. The molecule has 5 nitrogen and oxygen atoms in total. The van der Waals surface area contributed by atoms with Crippen LogP contribution in [-0.2, 0) is 19.3 Å². The van der Waals surface area contributed by atoms with Gasteiger partial charge in [-0.2, -0.15) is 5.26 Å². The lowest BCUT2D eigenvalue weighted by atomic mass is 10.2. The SMILES string of the molecule is N#Cc1ccc(S(=O)(=O)CCOC2COC2)cc1. The average Bonchev–Trinajstić information content (AvgIpc) is 2.32. The minimum atomic E-state index is -3.34. The van der Waals surface area contributed by atoms with Crippen LogP contribution < -0.4 is 0 Å². The summed E-state index contributed by atoms with van der Waals surface area (Å²) in [5.74, 6) is -0.0601. The van der Waals surface area contributed by atoms with Gasteiger partial charge in [-0.15, -0.1) is 0 Å². The van der Waals surface area contributed by atoms with Crippen LogP contribution in [0.5, 0.6) is 0 Å². The summed E-state index contributed by atoms with van der Waals surface area (Å²) in [6.07, 6.45) is 0.0289. The first-order chi connectivity index (χ1) is 8.62. The Kier molecular flexibility index (Phi) is 3.97. The molecule has 2 rings (SSSR count). The van der Waals surface area contributed by atoms with Crippen LogP contribution in [0.4, 0.5) is 0 Å². The molecule has 0 amide bonds. The van der Waals surface area contributed by atoms with Crippen molar-refractivity contribution in [3.63, 3.8) is 0 Å². The standard InChI is InChI=1S/C12H13NO4S/c13-7-10-1-3-12(4-2-10)18(14,15)6-5-17-11-8-16-9-11/h1-4,11H,5-6,8-9H2. The van der Waals surface area contributed by atoms with Crippen LogP contribution in [0, 0.1) is 11.3 Å². The number of sulfone groups is 1. The van der Waals surface area contributed by atoms with Gasteiger partial charge in [0.25, 0.3) is 0 Å². The third kappa shape index (κ3) is 3.07. The Labute approximate surface area is 106 Å². The lowest BCUT2D eigenvalue weighted by molar-refractivity contribution is -0.126. The van der Waals surface area contributed by atoms with Crippen LogP contribution in [0.1, 0.15) is 5.56 Å². The largest absolute Gasteiger partial charge is 0.376 e. The summed E-state index contributed by atoms with van der Waals surface area (Å²) in [5, 5.41) is 8.64. The van der Waals surface area contributed by atoms with Crippen molar-refractivity contribution >= 4 is 9.84 Å². The summed E-state index contributed by atoms with van der Waals surface area (Å²) in [4.78, 5) is 0.218. The molecule has 96 valence electrons. The second-order valence-corrected chi connectivity index (χ2v) is 6.09. The molecule has 1 aromatic carbocycles. The van der Waals surface area contributed by atoms with E-state index in [4.69, 9.17) is 14.7 Å². The topological polar surface area (TPSA) is 76.4 Å². The van der Waals surface area contributed by atoms with E-state index in [0.29, 0.717) is 18.8 Å². The first kappa shape index (κ1) is 13.0. The van der Waals surface area contributed by atoms with Crippen molar-refractivity contribution in [2.75, 3.05) is 25.6 Å². The number of hydrogen-bond acceptors (Lipinski definition) is 5. The number of nitrogens with zero attached hydrogens (tertiary/aromatic N) is 1. The molecular formula is C12H13NO4S. The van der Waals surface area contributed by atoms with Crippen LogP contribution in [0.25, 0.3) is 0 Å². The number of nitriles is 1. The van der Waals surface area contributed by atoms with Gasteiger partial charge < -0.3 is 9.47 Å². The molecule has 0 bridgehead atoms. The highest BCUT2D eigenvalue weighted by Crippen LogP contribution is 2.13. The molecule has 0 saturated carbocycles. The molecule has 18 heavy (non-hydrogen) atoms. The molecule has 1 fully saturated rings. The van der Waals surface area contributed by atoms with Crippen molar-refractivity contribution in [2.45, 2.75) is 11.0 Å². The fourth-order valence-corrected chi connectivity index (χ4v) is 2.59. The van der Waals surface area contributed by atoms with Gasteiger partial charge in [0.2, 0.25) is 0 Å². The van der Waals surface area contributed by atoms with E-state index in [1.807, 2.05) is 6.07 Å². The zero-order valence-electron chi connectivity index (χ0n) is 9.70. The summed E-state index contributed by atoms with van der Waals surface area (Å²) in [6.45, 7) is 1.24. The second-order valence-electron chi connectivity index (χ2n) is 3.99. The van der Waals surface area contributed by atoms with E-state index in [9.17, 15) is 8.42 Å². The predicted molar refractivity (Wildman–Crippen MR) is 63.8 cm³/mol. The van der Waals surface area contributed by atoms with E-state index in [0.717, 1.165) is 0 Å². The molecule has 1 heterocycles. The molecule has 6 heteroatoms. The minimum Gasteiger partial charge on any atom is -0.376 e. The molecule has 0 spiro atoms. The zero-order valence-corrected chi connectivity index (χ0v) is 10.5. The first-order valence-electron chi connectivity index (χ1n) is 5.54. The monoisotopic (exact) mass is 267 g/mol. The molecule has 0 aromatic heterocycles. The number of ether oxygens (including phenoxy) is 2. The highest BCUT2D eigenvalue weighted by Gasteiger charge is 2.20. The van der Waals surface area contributed by atoms with E-state index in [1.165, 1.54) is 24.3 Å². The second kappa shape index (κ2) is 5.48. The van der Waals surface area contributed by atoms with Crippen molar-refractivity contribution in [1.82, 2.24) is 0 Å². The van der Waals surface area contributed by atoms with Gasteiger partial charge >= 0.3 is 0 Å². The van der Waals surface area contributed by atoms with Crippen LogP contribution in [0.3, 0.4) is 0 Å². The summed E-state index contributed by atoms with van der Waals surface area (Å²) in [7, 11) is -3.34. The van der Waals surface area contributed by atoms with Gasteiger partial charge in [0, 0.05) is 0 Å². The van der Waals surface area contributed by atoms with Gasteiger partial charge in [-0.1, -0.05) is 0 Å². The molecule has 1 aromatic rings. The molecule has 0 unspecified atom stereocenters. The van der Waals surface area contributed by atoms with Crippen molar-refractivity contribution in [3.05, 3.63) is 29.8 Å². The summed E-state index contributed by atoms with van der Waals surface area (Å²) < 4.78 is 34.1. The van der Waals surface area contributed by atoms with E-state index in [-0.39, 0.29) is 23.4 Å². The Morgan fingerprint density at radius 3 is 2.50 bits per heavy atom. The molecule has 1 aliphatic rings. The highest BCUT2D eigenvalue weighted by atomic mass is 32.2. The molecule has 1 aliphatic heterocycles. The number of hydrogen-bond donors (Lipinski definition) is 0. The van der Waals surface area contributed by atoms with Crippen LogP contribution in [0.2, 0.25) is 0 Å². The van der Waals surface area contributed by atoms with Gasteiger partial charge in [-0.05, 0) is 24.3 Å². The maximum Gasteiger partial charge on any atom is 0.180 e. The lowest BCUT2D eigenvalue weighted by Crippen LogP contribution is -2.37. The maximum atomic E-state index is 11.9. The third-order valence-electron chi connectivity index (χ3n) is 2.66.